The zero-order chi connectivity index (χ0) is 12.1. The van der Waals surface area contributed by atoms with Crippen LogP contribution in [0.25, 0.3) is 6.08 Å². The molecule has 0 atom stereocenters. The average molecular weight is 232 g/mol. The molecular weight excluding hydrogens is 218 g/mol. The molecule has 90 valence electrons. The lowest BCUT2D eigenvalue weighted by atomic mass is 10.2. The molecule has 0 aliphatic carbocycles. The molecule has 1 aromatic carbocycles. The second-order valence-electron chi connectivity index (χ2n) is 3.84. The molecule has 0 radical (unpaired) electrons. The lowest BCUT2D eigenvalue weighted by Crippen LogP contribution is -2.36. The first-order chi connectivity index (χ1) is 8.25. The van der Waals surface area contributed by atoms with Crippen LogP contribution in [0.4, 0.5) is 5.69 Å². The third-order valence-electron chi connectivity index (χ3n) is 2.68. The summed E-state index contributed by atoms with van der Waals surface area (Å²) in [7, 11) is 0. The molecule has 0 amide bonds. The van der Waals surface area contributed by atoms with E-state index in [4.69, 9.17) is 4.74 Å². The Kier molecular flexibility index (Phi) is 3.77. The Morgan fingerprint density at radius 1 is 1.24 bits per heavy atom. The van der Waals surface area contributed by atoms with Gasteiger partial charge in [-0.05, 0) is 23.8 Å². The highest BCUT2D eigenvalue weighted by Gasteiger charge is 2.10. The van der Waals surface area contributed by atoms with Gasteiger partial charge in [-0.15, -0.1) is 0 Å². The number of carboxylic acid groups (broad SMARTS) is 1. The number of hydrogen-bond donors (Lipinski definition) is 0. The normalized spacial score (nSPS) is 16.4. The van der Waals surface area contributed by atoms with E-state index >= 15 is 0 Å². The Morgan fingerprint density at radius 3 is 2.47 bits per heavy atom. The number of nitrogens with zero attached hydrogens (tertiary/aromatic N) is 1. The summed E-state index contributed by atoms with van der Waals surface area (Å²) in [6, 6.07) is 7.76. The van der Waals surface area contributed by atoms with E-state index < -0.39 is 5.97 Å². The van der Waals surface area contributed by atoms with Gasteiger partial charge < -0.3 is 19.5 Å². The average Bonchev–Trinajstić information content (AvgIpc) is 2.38. The predicted molar refractivity (Wildman–Crippen MR) is 63.5 cm³/mol. The number of carbonyl (C=O) groups is 1. The highest BCUT2D eigenvalue weighted by Crippen LogP contribution is 2.17. The molecule has 0 N–H and O–H groups in total. The molecule has 1 aliphatic rings. The summed E-state index contributed by atoms with van der Waals surface area (Å²) in [5.74, 6) is -1.18. The molecule has 0 saturated carbocycles. The van der Waals surface area contributed by atoms with Crippen LogP contribution < -0.4 is 10.0 Å². The van der Waals surface area contributed by atoms with E-state index in [0.717, 1.165) is 43.6 Å². The molecule has 0 aromatic heterocycles. The first-order valence-corrected chi connectivity index (χ1v) is 5.57. The Hall–Kier alpha value is -1.81. The molecule has 4 heteroatoms. The highest BCUT2D eigenvalue weighted by atomic mass is 16.5. The van der Waals surface area contributed by atoms with Crippen LogP contribution in [0.5, 0.6) is 0 Å². The third kappa shape index (κ3) is 3.32. The first kappa shape index (κ1) is 11.7. The summed E-state index contributed by atoms with van der Waals surface area (Å²) in [5.41, 5.74) is 1.99. The van der Waals surface area contributed by atoms with Crippen LogP contribution in [-0.4, -0.2) is 32.3 Å². The molecule has 2 rings (SSSR count). The van der Waals surface area contributed by atoms with Crippen LogP contribution >= 0.6 is 0 Å². The minimum atomic E-state index is -1.18. The number of aliphatic carboxylic acids is 1. The molecule has 1 aromatic rings. The van der Waals surface area contributed by atoms with Crippen molar-refractivity contribution in [2.75, 3.05) is 31.2 Å². The Bertz CT molecular complexity index is 405. The van der Waals surface area contributed by atoms with Crippen molar-refractivity contribution in [2.24, 2.45) is 0 Å². The van der Waals surface area contributed by atoms with Crippen LogP contribution in [0.2, 0.25) is 0 Å². The topological polar surface area (TPSA) is 52.6 Å². The molecule has 0 spiro atoms. The summed E-state index contributed by atoms with van der Waals surface area (Å²) >= 11 is 0. The zero-order valence-corrected chi connectivity index (χ0v) is 9.46. The van der Waals surface area contributed by atoms with E-state index in [1.54, 1.807) is 0 Å². The molecule has 1 heterocycles. The van der Waals surface area contributed by atoms with Gasteiger partial charge in [0.25, 0.3) is 0 Å². The molecule has 4 nitrogen and oxygen atoms in total. The smallest absolute Gasteiger partial charge is 0.0643 e. The van der Waals surface area contributed by atoms with Gasteiger partial charge in [0.2, 0.25) is 0 Å². The quantitative estimate of drug-likeness (QED) is 0.703. The van der Waals surface area contributed by atoms with Crippen molar-refractivity contribution < 1.29 is 14.6 Å². The molecule has 0 bridgehead atoms. The van der Waals surface area contributed by atoms with E-state index in [0.29, 0.717) is 0 Å². The van der Waals surface area contributed by atoms with Gasteiger partial charge in [-0.1, -0.05) is 18.2 Å². The van der Waals surface area contributed by atoms with Gasteiger partial charge in [0.05, 0.1) is 19.2 Å². The van der Waals surface area contributed by atoms with Crippen molar-refractivity contribution in [3.8, 4) is 0 Å². The maximum Gasteiger partial charge on any atom is 0.0643 e. The van der Waals surface area contributed by atoms with Crippen molar-refractivity contribution >= 4 is 17.7 Å². The van der Waals surface area contributed by atoms with E-state index in [1.807, 2.05) is 24.3 Å². The standard InChI is InChI=1S/C13H15NO3/c15-13(16)6-3-11-1-4-12(5-2-11)14-7-9-17-10-8-14/h1-6H,7-10H2,(H,15,16)/p-1/b6-3+. The SMILES string of the molecule is O=C([O-])/C=C/c1ccc(N2CCOCC2)cc1. The van der Waals surface area contributed by atoms with Crippen LogP contribution in [0.1, 0.15) is 5.56 Å². The molecule has 17 heavy (non-hydrogen) atoms. The van der Waals surface area contributed by atoms with Gasteiger partial charge in [-0.3, -0.25) is 0 Å². The van der Waals surface area contributed by atoms with Crippen molar-refractivity contribution in [1.29, 1.82) is 0 Å². The van der Waals surface area contributed by atoms with Crippen molar-refractivity contribution in [3.05, 3.63) is 35.9 Å². The minimum Gasteiger partial charge on any atom is -0.545 e. The second kappa shape index (κ2) is 5.50. The zero-order valence-electron chi connectivity index (χ0n) is 9.46. The predicted octanol–water partition coefficient (Wildman–Crippen LogP) is 0.286. The van der Waals surface area contributed by atoms with Crippen molar-refractivity contribution in [2.45, 2.75) is 0 Å². The monoisotopic (exact) mass is 232 g/mol. The summed E-state index contributed by atoms with van der Waals surface area (Å²) in [6.45, 7) is 3.31. The van der Waals surface area contributed by atoms with Crippen molar-refractivity contribution in [1.82, 2.24) is 0 Å². The lowest BCUT2D eigenvalue weighted by molar-refractivity contribution is -0.297. The fraction of sp³-hybridized carbons (Fsp3) is 0.308. The number of hydrogen-bond acceptors (Lipinski definition) is 4. The van der Waals surface area contributed by atoms with E-state index in [1.165, 1.54) is 6.08 Å². The van der Waals surface area contributed by atoms with E-state index in [9.17, 15) is 9.90 Å². The van der Waals surface area contributed by atoms with Crippen LogP contribution in [-0.2, 0) is 9.53 Å². The summed E-state index contributed by atoms with van der Waals surface area (Å²) in [4.78, 5) is 12.5. The maximum atomic E-state index is 10.3. The Labute approximate surface area is 100 Å². The van der Waals surface area contributed by atoms with Gasteiger partial charge in [0, 0.05) is 18.8 Å². The number of morpholine rings is 1. The minimum absolute atomic E-state index is 0.756. The fourth-order valence-electron chi connectivity index (χ4n) is 1.78. The number of benzene rings is 1. The highest BCUT2D eigenvalue weighted by molar-refractivity contribution is 5.83. The Morgan fingerprint density at radius 2 is 1.88 bits per heavy atom. The summed E-state index contributed by atoms with van der Waals surface area (Å²) < 4.78 is 5.28. The van der Waals surface area contributed by atoms with Crippen LogP contribution in [0.15, 0.2) is 30.3 Å². The molecular formula is C13H14NO3-. The molecule has 1 saturated heterocycles. The summed E-state index contributed by atoms with van der Waals surface area (Å²) in [5, 5.41) is 10.3. The van der Waals surface area contributed by atoms with Gasteiger partial charge in [0.15, 0.2) is 0 Å². The van der Waals surface area contributed by atoms with Crippen LogP contribution in [0.3, 0.4) is 0 Å². The number of anilines is 1. The van der Waals surface area contributed by atoms with E-state index in [2.05, 4.69) is 4.90 Å². The summed E-state index contributed by atoms with van der Waals surface area (Å²) in [6.07, 6.45) is 2.56. The fourth-order valence-corrected chi connectivity index (χ4v) is 1.78. The second-order valence-corrected chi connectivity index (χ2v) is 3.84. The maximum absolute atomic E-state index is 10.3. The molecule has 1 fully saturated rings. The van der Waals surface area contributed by atoms with Crippen LogP contribution in [0, 0.1) is 0 Å². The van der Waals surface area contributed by atoms with Gasteiger partial charge in [-0.25, -0.2) is 0 Å². The number of ether oxygens (including phenoxy) is 1. The van der Waals surface area contributed by atoms with Gasteiger partial charge in [-0.2, -0.15) is 0 Å². The first-order valence-electron chi connectivity index (χ1n) is 5.57. The molecule has 0 unspecified atom stereocenters. The number of carbonyl (C=O) groups excluding carboxylic acids is 1. The van der Waals surface area contributed by atoms with E-state index in [-0.39, 0.29) is 0 Å². The molecule has 1 aliphatic heterocycles. The van der Waals surface area contributed by atoms with Gasteiger partial charge >= 0.3 is 0 Å². The Balaban J connectivity index is 2.04. The van der Waals surface area contributed by atoms with Crippen molar-refractivity contribution in [3.63, 3.8) is 0 Å². The lowest BCUT2D eigenvalue weighted by Gasteiger charge is -2.28. The number of carboxylic acids is 1. The number of rotatable bonds is 3. The largest absolute Gasteiger partial charge is 0.545 e. The van der Waals surface area contributed by atoms with Gasteiger partial charge in [0.1, 0.15) is 0 Å². The third-order valence-corrected chi connectivity index (χ3v) is 2.68.